The van der Waals surface area contributed by atoms with Crippen LogP contribution in [-0.4, -0.2) is 37.7 Å². The predicted octanol–water partition coefficient (Wildman–Crippen LogP) is 1.79. The minimum atomic E-state index is -2.97. The van der Waals surface area contributed by atoms with Crippen LogP contribution in [0.2, 0.25) is 0 Å². The quantitative estimate of drug-likeness (QED) is 0.587. The fourth-order valence-corrected chi connectivity index (χ4v) is 3.27. The number of carbonyl (C=O) groups excluding carboxylic acids is 1. The molecular weight excluding hydrogens is 263 g/mol. The van der Waals surface area contributed by atoms with E-state index >= 15 is 0 Å². The van der Waals surface area contributed by atoms with Crippen molar-refractivity contribution in [2.75, 3.05) is 23.5 Å². The number of rotatable bonds is 6. The molecular formula is C11H13FO3S2. The van der Waals surface area contributed by atoms with E-state index in [4.69, 9.17) is 0 Å². The molecule has 3 nitrogen and oxygen atoms in total. The molecule has 0 radical (unpaired) electrons. The van der Waals surface area contributed by atoms with E-state index in [9.17, 15) is 17.6 Å². The van der Waals surface area contributed by atoms with Gasteiger partial charge in [0.1, 0.15) is 15.7 Å². The maximum atomic E-state index is 12.6. The number of hydrogen-bond donors (Lipinski definition) is 0. The molecule has 1 aromatic rings. The first-order valence-corrected chi connectivity index (χ1v) is 8.14. The lowest BCUT2D eigenvalue weighted by Crippen LogP contribution is -2.08. The Hall–Kier alpha value is -0.880. The van der Waals surface area contributed by atoms with Crippen LogP contribution in [0.4, 0.5) is 4.39 Å². The summed E-state index contributed by atoms with van der Waals surface area (Å²) in [5, 5.41) is 0. The largest absolute Gasteiger partial charge is 0.293 e. The maximum Gasteiger partial charge on any atom is 0.172 e. The first kappa shape index (κ1) is 14.2. The van der Waals surface area contributed by atoms with Crippen LogP contribution in [0.5, 0.6) is 0 Å². The average Bonchev–Trinajstić information content (AvgIpc) is 2.24. The molecule has 1 aromatic carbocycles. The van der Waals surface area contributed by atoms with E-state index in [-0.39, 0.29) is 23.1 Å². The van der Waals surface area contributed by atoms with Gasteiger partial charge in [0.05, 0.1) is 11.5 Å². The lowest BCUT2D eigenvalue weighted by molar-refractivity contribution is 0.102. The molecule has 0 aliphatic rings. The van der Waals surface area contributed by atoms with Gasteiger partial charge in [0, 0.05) is 17.6 Å². The Kier molecular flexibility index (Phi) is 5.14. The number of hydrogen-bond acceptors (Lipinski definition) is 4. The molecule has 0 aliphatic heterocycles. The molecule has 94 valence electrons. The van der Waals surface area contributed by atoms with Gasteiger partial charge in [0.2, 0.25) is 0 Å². The van der Waals surface area contributed by atoms with E-state index in [1.54, 1.807) is 0 Å². The smallest absolute Gasteiger partial charge is 0.172 e. The van der Waals surface area contributed by atoms with Crippen molar-refractivity contribution in [1.29, 1.82) is 0 Å². The molecule has 0 saturated carbocycles. The van der Waals surface area contributed by atoms with E-state index < -0.39 is 9.84 Å². The third-order valence-electron chi connectivity index (χ3n) is 2.00. The number of benzene rings is 1. The monoisotopic (exact) mass is 276 g/mol. The first-order chi connectivity index (χ1) is 7.88. The molecule has 0 amide bonds. The standard InChI is InChI=1S/C11H13FO3S2/c1-17(14,15)7-6-16-8-11(13)9-2-4-10(12)5-3-9/h2-5H,6-8H2,1H3. The van der Waals surface area contributed by atoms with Crippen molar-refractivity contribution >= 4 is 27.4 Å². The number of thioether (sulfide) groups is 1. The fraction of sp³-hybridized carbons (Fsp3) is 0.364. The third-order valence-corrected chi connectivity index (χ3v) is 4.16. The van der Waals surface area contributed by atoms with Gasteiger partial charge < -0.3 is 0 Å². The van der Waals surface area contributed by atoms with E-state index in [0.717, 1.165) is 6.26 Å². The van der Waals surface area contributed by atoms with Crippen molar-refractivity contribution in [3.63, 3.8) is 0 Å². The normalized spacial score (nSPS) is 11.4. The number of Topliss-reactive ketones (excluding diaryl/α,β-unsaturated/α-hetero) is 1. The highest BCUT2D eigenvalue weighted by atomic mass is 32.2. The molecule has 1 rings (SSSR count). The maximum absolute atomic E-state index is 12.6. The minimum absolute atomic E-state index is 0.0639. The summed E-state index contributed by atoms with van der Waals surface area (Å²) in [6.07, 6.45) is 1.16. The molecule has 0 unspecified atom stereocenters. The van der Waals surface area contributed by atoms with Gasteiger partial charge in [-0.25, -0.2) is 12.8 Å². The van der Waals surface area contributed by atoms with Gasteiger partial charge >= 0.3 is 0 Å². The van der Waals surface area contributed by atoms with E-state index in [1.807, 2.05) is 0 Å². The molecule has 0 spiro atoms. The second kappa shape index (κ2) is 6.16. The summed E-state index contributed by atoms with van der Waals surface area (Å²) in [5.41, 5.74) is 0.443. The molecule has 0 aromatic heterocycles. The van der Waals surface area contributed by atoms with E-state index in [1.165, 1.54) is 36.0 Å². The van der Waals surface area contributed by atoms with Crippen LogP contribution < -0.4 is 0 Å². The molecule has 0 bridgehead atoms. The highest BCUT2D eigenvalue weighted by molar-refractivity contribution is 8.01. The number of sulfone groups is 1. The number of carbonyl (C=O) groups is 1. The van der Waals surface area contributed by atoms with Gasteiger partial charge in [-0.2, -0.15) is 11.8 Å². The summed E-state index contributed by atoms with van der Waals surface area (Å²) in [6.45, 7) is 0. The van der Waals surface area contributed by atoms with Gasteiger partial charge in [0.25, 0.3) is 0 Å². The van der Waals surface area contributed by atoms with Crippen molar-refractivity contribution in [3.8, 4) is 0 Å². The lowest BCUT2D eigenvalue weighted by atomic mass is 10.1. The van der Waals surface area contributed by atoms with E-state index in [2.05, 4.69) is 0 Å². The van der Waals surface area contributed by atoms with E-state index in [0.29, 0.717) is 11.3 Å². The fourth-order valence-electron chi connectivity index (χ4n) is 1.09. The van der Waals surface area contributed by atoms with Gasteiger partial charge in [-0.15, -0.1) is 0 Å². The summed E-state index contributed by atoms with van der Waals surface area (Å²) in [6, 6.07) is 5.31. The summed E-state index contributed by atoms with van der Waals surface area (Å²) in [7, 11) is -2.97. The Morgan fingerprint density at radius 1 is 1.29 bits per heavy atom. The molecule has 0 saturated heterocycles. The minimum Gasteiger partial charge on any atom is -0.293 e. The van der Waals surface area contributed by atoms with Gasteiger partial charge in [-0.05, 0) is 24.3 Å². The first-order valence-electron chi connectivity index (χ1n) is 4.93. The highest BCUT2D eigenvalue weighted by Crippen LogP contribution is 2.09. The molecule has 0 N–H and O–H groups in total. The highest BCUT2D eigenvalue weighted by Gasteiger charge is 2.07. The Morgan fingerprint density at radius 2 is 1.88 bits per heavy atom. The second-order valence-electron chi connectivity index (χ2n) is 3.61. The summed E-state index contributed by atoms with van der Waals surface area (Å²) in [4.78, 5) is 11.6. The Morgan fingerprint density at radius 3 is 2.41 bits per heavy atom. The zero-order chi connectivity index (χ0) is 12.9. The van der Waals surface area contributed by atoms with Crippen molar-refractivity contribution < 1.29 is 17.6 Å². The van der Waals surface area contributed by atoms with Crippen LogP contribution in [0.15, 0.2) is 24.3 Å². The summed E-state index contributed by atoms with van der Waals surface area (Å²) >= 11 is 1.26. The molecule has 6 heteroatoms. The Labute approximate surface area is 104 Å². The molecule has 0 atom stereocenters. The summed E-state index contributed by atoms with van der Waals surface area (Å²) in [5.74, 6) is 0.163. The molecule has 17 heavy (non-hydrogen) atoms. The van der Waals surface area contributed by atoms with Crippen molar-refractivity contribution in [3.05, 3.63) is 35.6 Å². The second-order valence-corrected chi connectivity index (χ2v) is 6.98. The topological polar surface area (TPSA) is 51.2 Å². The van der Waals surface area contributed by atoms with Crippen LogP contribution in [0, 0.1) is 5.82 Å². The van der Waals surface area contributed by atoms with Crippen LogP contribution in [0.25, 0.3) is 0 Å². The van der Waals surface area contributed by atoms with Gasteiger partial charge in [0.15, 0.2) is 5.78 Å². The van der Waals surface area contributed by atoms with Crippen LogP contribution in [0.3, 0.4) is 0 Å². The average molecular weight is 276 g/mol. The number of ketones is 1. The third kappa shape index (κ3) is 5.83. The van der Waals surface area contributed by atoms with Crippen LogP contribution in [0.1, 0.15) is 10.4 Å². The molecule has 0 fully saturated rings. The molecule has 0 aliphatic carbocycles. The predicted molar refractivity (Wildman–Crippen MR) is 67.8 cm³/mol. The lowest BCUT2D eigenvalue weighted by Gasteiger charge is -2.01. The summed E-state index contributed by atoms with van der Waals surface area (Å²) < 4.78 is 34.3. The Bertz CT molecular complexity index is 480. The van der Waals surface area contributed by atoms with Crippen LogP contribution in [-0.2, 0) is 9.84 Å². The zero-order valence-electron chi connectivity index (χ0n) is 9.35. The molecule has 0 heterocycles. The van der Waals surface area contributed by atoms with Crippen LogP contribution >= 0.6 is 11.8 Å². The van der Waals surface area contributed by atoms with Gasteiger partial charge in [-0.3, -0.25) is 4.79 Å². The van der Waals surface area contributed by atoms with Crippen molar-refractivity contribution in [2.24, 2.45) is 0 Å². The van der Waals surface area contributed by atoms with Crippen molar-refractivity contribution in [1.82, 2.24) is 0 Å². The number of halogens is 1. The van der Waals surface area contributed by atoms with Gasteiger partial charge in [-0.1, -0.05) is 0 Å². The SMILES string of the molecule is CS(=O)(=O)CCSCC(=O)c1ccc(F)cc1. The van der Waals surface area contributed by atoms with Crippen molar-refractivity contribution in [2.45, 2.75) is 0 Å². The Balaban J connectivity index is 2.38. The zero-order valence-corrected chi connectivity index (χ0v) is 11.0.